The summed E-state index contributed by atoms with van der Waals surface area (Å²) in [6, 6.07) is 6.55. The number of benzene rings is 1. The summed E-state index contributed by atoms with van der Waals surface area (Å²) in [6.45, 7) is 4.53. The standard InChI is InChI=1S/C24H28F3N3O2/c1-4-21-29-22-19(18-9-8-17(14-15(18)2)32-24(25,26)27)10-12-28-23(22)30(21)20(11-13-31-3)16-6-5-7-16/h8-10,12,14,16,20H,4-7,11,13H2,1-3H3. The molecule has 4 rings (SSSR count). The fourth-order valence-electron chi connectivity index (χ4n) is 4.62. The van der Waals surface area contributed by atoms with Crippen molar-refractivity contribution in [2.24, 2.45) is 5.92 Å². The number of halogens is 3. The Morgan fingerprint density at radius 1 is 1.19 bits per heavy atom. The van der Waals surface area contributed by atoms with Crippen molar-refractivity contribution in [1.29, 1.82) is 0 Å². The van der Waals surface area contributed by atoms with Gasteiger partial charge in [0, 0.05) is 37.9 Å². The average Bonchev–Trinajstić information content (AvgIpc) is 3.07. The third-order valence-electron chi connectivity index (χ3n) is 6.33. The normalized spacial score (nSPS) is 15.7. The highest BCUT2D eigenvalue weighted by molar-refractivity contribution is 5.91. The molecular weight excluding hydrogens is 419 g/mol. The van der Waals surface area contributed by atoms with Gasteiger partial charge >= 0.3 is 6.36 Å². The molecule has 1 fully saturated rings. The van der Waals surface area contributed by atoms with Crippen molar-refractivity contribution in [2.75, 3.05) is 13.7 Å². The zero-order valence-electron chi connectivity index (χ0n) is 18.6. The topological polar surface area (TPSA) is 49.2 Å². The molecule has 0 bridgehead atoms. The van der Waals surface area contributed by atoms with Crippen molar-refractivity contribution < 1.29 is 22.6 Å². The number of ether oxygens (including phenoxy) is 2. The molecule has 1 aromatic carbocycles. The highest BCUT2D eigenvalue weighted by Gasteiger charge is 2.32. The van der Waals surface area contributed by atoms with Crippen molar-refractivity contribution in [2.45, 2.75) is 58.4 Å². The molecule has 1 unspecified atom stereocenters. The van der Waals surface area contributed by atoms with Crippen LogP contribution in [0.4, 0.5) is 13.2 Å². The number of fused-ring (bicyclic) bond motifs is 1. The number of hydrogen-bond acceptors (Lipinski definition) is 4. The molecule has 1 atom stereocenters. The minimum atomic E-state index is -4.72. The van der Waals surface area contributed by atoms with Crippen LogP contribution in [-0.4, -0.2) is 34.6 Å². The summed E-state index contributed by atoms with van der Waals surface area (Å²) in [6.07, 6.45) is 2.33. The van der Waals surface area contributed by atoms with Crippen LogP contribution in [0.15, 0.2) is 30.5 Å². The number of pyridine rings is 1. The van der Waals surface area contributed by atoms with Crippen molar-refractivity contribution in [1.82, 2.24) is 14.5 Å². The van der Waals surface area contributed by atoms with E-state index in [0.29, 0.717) is 18.1 Å². The molecule has 1 saturated carbocycles. The van der Waals surface area contributed by atoms with Gasteiger partial charge in [-0.25, -0.2) is 9.97 Å². The van der Waals surface area contributed by atoms with Crippen LogP contribution in [0.2, 0.25) is 0 Å². The van der Waals surface area contributed by atoms with Gasteiger partial charge in [-0.3, -0.25) is 0 Å². The zero-order valence-corrected chi connectivity index (χ0v) is 18.6. The van der Waals surface area contributed by atoms with Crippen molar-refractivity contribution >= 4 is 11.2 Å². The predicted octanol–water partition coefficient (Wildman–Crippen LogP) is 6.25. The molecular formula is C24H28F3N3O2. The summed E-state index contributed by atoms with van der Waals surface area (Å²) in [5, 5.41) is 0. The first-order chi connectivity index (χ1) is 15.3. The molecule has 8 heteroatoms. The number of methoxy groups -OCH3 is 1. The van der Waals surface area contributed by atoms with E-state index < -0.39 is 6.36 Å². The fourth-order valence-corrected chi connectivity index (χ4v) is 4.62. The highest BCUT2D eigenvalue weighted by atomic mass is 19.4. The maximum absolute atomic E-state index is 12.6. The average molecular weight is 448 g/mol. The minimum absolute atomic E-state index is 0.228. The van der Waals surface area contributed by atoms with Gasteiger partial charge in [-0.15, -0.1) is 13.2 Å². The lowest BCUT2D eigenvalue weighted by Gasteiger charge is -2.35. The van der Waals surface area contributed by atoms with Crippen LogP contribution in [0.3, 0.4) is 0 Å². The van der Waals surface area contributed by atoms with Gasteiger partial charge in [-0.2, -0.15) is 0 Å². The third kappa shape index (κ3) is 4.46. The predicted molar refractivity (Wildman–Crippen MR) is 117 cm³/mol. The molecule has 0 amide bonds. The second-order valence-corrected chi connectivity index (χ2v) is 8.35. The van der Waals surface area contributed by atoms with Crippen LogP contribution in [0, 0.1) is 12.8 Å². The molecule has 0 N–H and O–H groups in total. The Hall–Kier alpha value is -2.61. The molecule has 1 aliphatic rings. The SMILES string of the molecule is CCc1nc2c(-c3ccc(OC(F)(F)F)cc3C)ccnc2n1C(CCOC)C1CCC1. The van der Waals surface area contributed by atoms with E-state index >= 15 is 0 Å². The van der Waals surface area contributed by atoms with Crippen LogP contribution in [-0.2, 0) is 11.2 Å². The van der Waals surface area contributed by atoms with Gasteiger partial charge in [0.2, 0.25) is 0 Å². The molecule has 0 spiro atoms. The summed E-state index contributed by atoms with van der Waals surface area (Å²) in [5.41, 5.74) is 3.96. The van der Waals surface area contributed by atoms with E-state index in [1.807, 2.05) is 6.07 Å². The summed E-state index contributed by atoms with van der Waals surface area (Å²) in [5.74, 6) is 1.33. The van der Waals surface area contributed by atoms with Crippen LogP contribution in [0.25, 0.3) is 22.3 Å². The summed E-state index contributed by atoms with van der Waals surface area (Å²) in [4.78, 5) is 9.64. The number of rotatable bonds is 8. The maximum atomic E-state index is 12.6. The third-order valence-corrected chi connectivity index (χ3v) is 6.33. The molecule has 0 aliphatic heterocycles. The molecule has 0 radical (unpaired) electrons. The molecule has 3 aromatic rings. The number of aryl methyl sites for hydroxylation is 2. The lowest BCUT2D eigenvalue weighted by atomic mass is 9.78. The smallest absolute Gasteiger partial charge is 0.406 e. The van der Waals surface area contributed by atoms with Crippen LogP contribution in [0.5, 0.6) is 5.75 Å². The van der Waals surface area contributed by atoms with Crippen LogP contribution < -0.4 is 4.74 Å². The lowest BCUT2D eigenvalue weighted by molar-refractivity contribution is -0.274. The fraction of sp³-hybridized carbons (Fsp3) is 0.500. The lowest BCUT2D eigenvalue weighted by Crippen LogP contribution is -2.27. The molecule has 172 valence electrons. The quantitative estimate of drug-likeness (QED) is 0.410. The first-order valence-electron chi connectivity index (χ1n) is 11.0. The van der Waals surface area contributed by atoms with Crippen LogP contribution >= 0.6 is 0 Å². The number of aromatic nitrogens is 3. The second-order valence-electron chi connectivity index (χ2n) is 8.35. The first-order valence-corrected chi connectivity index (χ1v) is 11.0. The van der Waals surface area contributed by atoms with Gasteiger partial charge in [0.1, 0.15) is 17.1 Å². The molecule has 2 aromatic heterocycles. The molecule has 5 nitrogen and oxygen atoms in total. The van der Waals surface area contributed by atoms with E-state index in [-0.39, 0.29) is 11.8 Å². The molecule has 2 heterocycles. The van der Waals surface area contributed by atoms with Gasteiger partial charge in [-0.05, 0) is 61.4 Å². The van der Waals surface area contributed by atoms with E-state index in [1.54, 1.807) is 26.3 Å². The Labute approximate surface area is 185 Å². The molecule has 32 heavy (non-hydrogen) atoms. The molecule has 1 aliphatic carbocycles. The van der Waals surface area contributed by atoms with Gasteiger partial charge in [-0.1, -0.05) is 19.4 Å². The summed E-state index contributed by atoms with van der Waals surface area (Å²) < 4.78 is 49.5. The van der Waals surface area contributed by atoms with E-state index in [4.69, 9.17) is 9.72 Å². The van der Waals surface area contributed by atoms with Crippen LogP contribution in [0.1, 0.15) is 50.0 Å². The Bertz CT molecular complexity index is 1090. The van der Waals surface area contributed by atoms with Gasteiger partial charge in [0.05, 0.1) is 0 Å². The van der Waals surface area contributed by atoms with E-state index in [9.17, 15) is 13.2 Å². The van der Waals surface area contributed by atoms with E-state index in [2.05, 4.69) is 21.2 Å². The Morgan fingerprint density at radius 2 is 1.97 bits per heavy atom. The number of imidazole rings is 1. The maximum Gasteiger partial charge on any atom is 0.573 e. The minimum Gasteiger partial charge on any atom is -0.406 e. The van der Waals surface area contributed by atoms with Crippen molar-refractivity contribution in [3.05, 3.63) is 41.9 Å². The monoisotopic (exact) mass is 447 g/mol. The Balaban J connectivity index is 1.80. The summed E-state index contributed by atoms with van der Waals surface area (Å²) >= 11 is 0. The van der Waals surface area contributed by atoms with Gasteiger partial charge in [0.15, 0.2) is 5.65 Å². The van der Waals surface area contributed by atoms with E-state index in [0.717, 1.165) is 41.0 Å². The number of nitrogens with zero attached hydrogens (tertiary/aromatic N) is 3. The molecule has 0 saturated heterocycles. The Kier molecular flexibility index (Phi) is 6.42. The number of alkyl halides is 3. The summed E-state index contributed by atoms with van der Waals surface area (Å²) in [7, 11) is 1.72. The van der Waals surface area contributed by atoms with Gasteiger partial charge < -0.3 is 14.0 Å². The number of hydrogen-bond donors (Lipinski definition) is 0. The Morgan fingerprint density at radius 3 is 2.56 bits per heavy atom. The zero-order chi connectivity index (χ0) is 22.9. The first kappa shape index (κ1) is 22.6. The van der Waals surface area contributed by atoms with E-state index in [1.165, 1.54) is 31.4 Å². The highest BCUT2D eigenvalue weighted by Crippen LogP contribution is 2.41. The van der Waals surface area contributed by atoms with Crippen molar-refractivity contribution in [3.63, 3.8) is 0 Å². The van der Waals surface area contributed by atoms with Crippen molar-refractivity contribution in [3.8, 4) is 16.9 Å². The van der Waals surface area contributed by atoms with Gasteiger partial charge in [0.25, 0.3) is 0 Å². The largest absolute Gasteiger partial charge is 0.573 e. The second kappa shape index (κ2) is 9.10.